The van der Waals surface area contributed by atoms with E-state index in [2.05, 4.69) is 22.8 Å². The first-order valence-electron chi connectivity index (χ1n) is 11.7. The Bertz CT molecular complexity index is 1060. The summed E-state index contributed by atoms with van der Waals surface area (Å²) in [6, 6.07) is 14.7. The van der Waals surface area contributed by atoms with Gasteiger partial charge in [0.05, 0.1) is 19.7 Å². The molecule has 1 saturated carbocycles. The van der Waals surface area contributed by atoms with Crippen molar-refractivity contribution in [2.75, 3.05) is 45.1 Å². The van der Waals surface area contributed by atoms with Gasteiger partial charge in [-0.05, 0) is 49.8 Å². The molecule has 2 N–H and O–H groups in total. The van der Waals surface area contributed by atoms with Gasteiger partial charge in [-0.1, -0.05) is 18.2 Å². The molecule has 0 saturated heterocycles. The van der Waals surface area contributed by atoms with Crippen LogP contribution in [0, 0.1) is 5.92 Å². The Morgan fingerprint density at radius 1 is 0.970 bits per heavy atom. The van der Waals surface area contributed by atoms with E-state index >= 15 is 0 Å². The molecule has 1 aliphatic rings. The predicted molar refractivity (Wildman–Crippen MR) is 134 cm³/mol. The average Bonchev–Trinajstić information content (AvgIpc) is 2.86. The highest BCUT2D eigenvalue weighted by molar-refractivity contribution is 5.90. The average molecular weight is 450 g/mol. The van der Waals surface area contributed by atoms with E-state index < -0.39 is 0 Å². The Hall–Kier alpha value is -3.06. The van der Waals surface area contributed by atoms with Gasteiger partial charge < -0.3 is 25.0 Å². The van der Waals surface area contributed by atoms with Gasteiger partial charge in [0.2, 0.25) is 5.95 Å². The van der Waals surface area contributed by atoms with Gasteiger partial charge in [-0.2, -0.15) is 4.98 Å². The largest absolute Gasteiger partial charge is 0.497 e. The summed E-state index contributed by atoms with van der Waals surface area (Å²) in [5.74, 6) is 3.98. The third-order valence-corrected chi connectivity index (χ3v) is 6.48. The van der Waals surface area contributed by atoms with Gasteiger partial charge in [-0.15, -0.1) is 0 Å². The van der Waals surface area contributed by atoms with E-state index in [9.17, 15) is 0 Å². The minimum Gasteiger partial charge on any atom is -0.497 e. The summed E-state index contributed by atoms with van der Waals surface area (Å²) in [5.41, 5.74) is 2.13. The van der Waals surface area contributed by atoms with E-state index in [1.807, 2.05) is 49.3 Å². The second-order valence-corrected chi connectivity index (χ2v) is 8.94. The van der Waals surface area contributed by atoms with Crippen molar-refractivity contribution in [2.24, 2.45) is 5.92 Å². The summed E-state index contributed by atoms with van der Waals surface area (Å²) in [4.78, 5) is 11.5. The van der Waals surface area contributed by atoms with Crippen LogP contribution in [-0.2, 0) is 6.54 Å². The van der Waals surface area contributed by atoms with Gasteiger partial charge in [-0.25, -0.2) is 4.98 Å². The summed E-state index contributed by atoms with van der Waals surface area (Å²) in [7, 11) is 7.42. The first-order valence-corrected chi connectivity index (χ1v) is 11.7. The van der Waals surface area contributed by atoms with Crippen LogP contribution in [0.3, 0.4) is 0 Å². The lowest BCUT2D eigenvalue weighted by atomic mass is 9.86. The lowest BCUT2D eigenvalue weighted by Crippen LogP contribution is -2.34. The van der Waals surface area contributed by atoms with Crippen molar-refractivity contribution < 1.29 is 9.47 Å². The number of hydrogen-bond acceptors (Lipinski definition) is 7. The van der Waals surface area contributed by atoms with E-state index in [4.69, 9.17) is 19.4 Å². The number of ether oxygens (including phenoxy) is 2. The van der Waals surface area contributed by atoms with Gasteiger partial charge in [0, 0.05) is 50.2 Å². The highest BCUT2D eigenvalue weighted by Crippen LogP contribution is 2.28. The number of methoxy groups -OCH3 is 2. The van der Waals surface area contributed by atoms with E-state index in [0.717, 1.165) is 46.9 Å². The normalized spacial score (nSPS) is 18.2. The third-order valence-electron chi connectivity index (χ3n) is 6.48. The van der Waals surface area contributed by atoms with Gasteiger partial charge in [0.1, 0.15) is 17.3 Å². The Morgan fingerprint density at radius 2 is 1.76 bits per heavy atom. The quantitative estimate of drug-likeness (QED) is 0.499. The Morgan fingerprint density at radius 3 is 2.48 bits per heavy atom. The van der Waals surface area contributed by atoms with Gasteiger partial charge in [0.25, 0.3) is 0 Å². The van der Waals surface area contributed by atoms with Crippen molar-refractivity contribution in [3.05, 3.63) is 48.0 Å². The molecular formula is C26H35N5O2. The van der Waals surface area contributed by atoms with Crippen molar-refractivity contribution in [1.82, 2.24) is 15.3 Å². The van der Waals surface area contributed by atoms with Gasteiger partial charge in [-0.3, -0.25) is 0 Å². The molecule has 3 aromatic rings. The maximum atomic E-state index is 5.53. The molecule has 0 atom stereocenters. The van der Waals surface area contributed by atoms with E-state index in [1.165, 1.54) is 25.7 Å². The maximum absolute atomic E-state index is 5.53. The molecular weight excluding hydrogens is 414 g/mol. The molecule has 0 unspecified atom stereocenters. The number of nitrogens with zero attached hydrogens (tertiary/aromatic N) is 3. The van der Waals surface area contributed by atoms with E-state index in [-0.39, 0.29) is 0 Å². The maximum Gasteiger partial charge on any atom is 0.225 e. The molecule has 7 nitrogen and oxygen atoms in total. The molecule has 176 valence electrons. The fourth-order valence-corrected chi connectivity index (χ4v) is 4.54. The molecule has 4 rings (SSSR count). The Balaban J connectivity index is 1.28. The fraction of sp³-hybridized carbons (Fsp3) is 0.462. The lowest BCUT2D eigenvalue weighted by Gasteiger charge is -2.29. The predicted octanol–water partition coefficient (Wildman–Crippen LogP) is 4.47. The number of aromatic nitrogens is 2. The summed E-state index contributed by atoms with van der Waals surface area (Å²) < 4.78 is 10.8. The standard InChI is InChI=1S/C26H35N5O2/c1-31(2)25-22-7-5-6-8-23(22)29-26(30-25)28-16-18-9-12-20(13-10-18)27-17-19-11-14-21(32-3)15-24(19)33-4/h5-8,11,14-15,18,20,27H,9-10,12-13,16-17H2,1-4H3,(H,28,29,30). The topological polar surface area (TPSA) is 71.5 Å². The van der Waals surface area contributed by atoms with Crippen molar-refractivity contribution in [1.29, 1.82) is 0 Å². The van der Waals surface area contributed by atoms with Crippen LogP contribution in [0.25, 0.3) is 10.9 Å². The number of rotatable bonds is 9. The minimum atomic E-state index is 0.533. The SMILES string of the molecule is COc1ccc(CNC2CCC(CNc3nc(N(C)C)c4ccccc4n3)CC2)c(OC)c1. The molecule has 1 heterocycles. The zero-order valence-corrected chi connectivity index (χ0v) is 20.1. The van der Waals surface area contributed by atoms with Crippen LogP contribution in [-0.4, -0.2) is 50.9 Å². The van der Waals surface area contributed by atoms with Crippen LogP contribution in [0.2, 0.25) is 0 Å². The van der Waals surface area contributed by atoms with Gasteiger partial charge >= 0.3 is 0 Å². The lowest BCUT2D eigenvalue weighted by molar-refractivity contribution is 0.298. The van der Waals surface area contributed by atoms with Gasteiger partial charge in [0.15, 0.2) is 0 Å². The van der Waals surface area contributed by atoms with Crippen molar-refractivity contribution in [2.45, 2.75) is 38.3 Å². The van der Waals surface area contributed by atoms with Crippen LogP contribution in [0.5, 0.6) is 11.5 Å². The summed E-state index contributed by atoms with van der Waals surface area (Å²) in [5, 5.41) is 8.29. The van der Waals surface area contributed by atoms with Crippen molar-refractivity contribution >= 4 is 22.7 Å². The smallest absolute Gasteiger partial charge is 0.225 e. The molecule has 0 bridgehead atoms. The summed E-state index contributed by atoms with van der Waals surface area (Å²) in [6.45, 7) is 1.71. The first-order chi connectivity index (χ1) is 16.1. The van der Waals surface area contributed by atoms with Crippen LogP contribution < -0.4 is 25.0 Å². The fourth-order valence-electron chi connectivity index (χ4n) is 4.54. The molecule has 2 aromatic carbocycles. The number of nitrogens with one attached hydrogen (secondary N) is 2. The Labute approximate surface area is 196 Å². The number of anilines is 2. The molecule has 0 spiro atoms. The summed E-state index contributed by atoms with van der Waals surface area (Å²) in [6.07, 6.45) is 4.73. The van der Waals surface area contributed by atoms with E-state index in [0.29, 0.717) is 17.9 Å². The molecule has 1 aromatic heterocycles. The van der Waals surface area contributed by atoms with Crippen LogP contribution >= 0.6 is 0 Å². The first kappa shape index (κ1) is 23.1. The highest BCUT2D eigenvalue weighted by Gasteiger charge is 2.21. The molecule has 7 heteroatoms. The number of hydrogen-bond donors (Lipinski definition) is 2. The highest BCUT2D eigenvalue weighted by atomic mass is 16.5. The zero-order valence-electron chi connectivity index (χ0n) is 20.1. The van der Waals surface area contributed by atoms with Crippen LogP contribution in [0.15, 0.2) is 42.5 Å². The third kappa shape index (κ3) is 5.66. The number of para-hydroxylation sites is 1. The molecule has 0 radical (unpaired) electrons. The van der Waals surface area contributed by atoms with Crippen LogP contribution in [0.1, 0.15) is 31.2 Å². The van der Waals surface area contributed by atoms with E-state index in [1.54, 1.807) is 14.2 Å². The minimum absolute atomic E-state index is 0.533. The number of benzene rings is 2. The van der Waals surface area contributed by atoms with Crippen LogP contribution in [0.4, 0.5) is 11.8 Å². The van der Waals surface area contributed by atoms with Crippen molar-refractivity contribution in [3.8, 4) is 11.5 Å². The van der Waals surface area contributed by atoms with Crippen molar-refractivity contribution in [3.63, 3.8) is 0 Å². The molecule has 0 aliphatic heterocycles. The molecule has 33 heavy (non-hydrogen) atoms. The second kappa shape index (κ2) is 10.7. The number of fused-ring (bicyclic) bond motifs is 1. The second-order valence-electron chi connectivity index (χ2n) is 8.94. The molecule has 0 amide bonds. The summed E-state index contributed by atoms with van der Waals surface area (Å²) >= 11 is 0. The Kier molecular flexibility index (Phi) is 7.50. The molecule has 1 fully saturated rings. The monoisotopic (exact) mass is 449 g/mol. The zero-order chi connectivity index (χ0) is 23.2. The molecule has 1 aliphatic carbocycles.